The SMILES string of the molecule is Cc1ccc(S(=O)(=O)N2CCN(C(=O)CSc3nnnn3-c3cccc(F)c3)CC2)cc1C. The van der Waals surface area contributed by atoms with E-state index in [2.05, 4.69) is 15.5 Å². The van der Waals surface area contributed by atoms with Gasteiger partial charge in [0.1, 0.15) is 5.82 Å². The van der Waals surface area contributed by atoms with Crippen molar-refractivity contribution in [3.63, 3.8) is 0 Å². The van der Waals surface area contributed by atoms with Gasteiger partial charge in [0.05, 0.1) is 16.3 Å². The predicted molar refractivity (Wildman–Crippen MR) is 121 cm³/mol. The van der Waals surface area contributed by atoms with Crippen molar-refractivity contribution in [2.24, 2.45) is 0 Å². The van der Waals surface area contributed by atoms with Gasteiger partial charge in [-0.1, -0.05) is 23.9 Å². The van der Waals surface area contributed by atoms with Gasteiger partial charge in [0, 0.05) is 26.2 Å². The second-order valence-corrected chi connectivity index (χ2v) is 10.6. The first-order valence-electron chi connectivity index (χ1n) is 10.3. The van der Waals surface area contributed by atoms with Crippen LogP contribution in [0.4, 0.5) is 4.39 Å². The zero-order chi connectivity index (χ0) is 23.6. The maximum Gasteiger partial charge on any atom is 0.243 e. The topological polar surface area (TPSA) is 101 Å². The molecule has 1 fully saturated rings. The van der Waals surface area contributed by atoms with Gasteiger partial charge in [-0.2, -0.15) is 8.99 Å². The largest absolute Gasteiger partial charge is 0.339 e. The molecule has 0 spiro atoms. The molecule has 0 unspecified atom stereocenters. The number of nitrogens with zero attached hydrogens (tertiary/aromatic N) is 6. The Balaban J connectivity index is 1.35. The van der Waals surface area contributed by atoms with Crippen molar-refractivity contribution in [3.8, 4) is 5.69 Å². The third kappa shape index (κ3) is 5.07. The summed E-state index contributed by atoms with van der Waals surface area (Å²) in [5.74, 6) is -0.472. The smallest absolute Gasteiger partial charge is 0.243 e. The van der Waals surface area contributed by atoms with E-state index in [9.17, 15) is 17.6 Å². The van der Waals surface area contributed by atoms with Crippen LogP contribution in [0.2, 0.25) is 0 Å². The fourth-order valence-corrected chi connectivity index (χ4v) is 5.76. The second kappa shape index (κ2) is 9.57. The summed E-state index contributed by atoms with van der Waals surface area (Å²) < 4.78 is 42.2. The minimum atomic E-state index is -3.61. The normalized spacial score (nSPS) is 15.1. The van der Waals surface area contributed by atoms with Gasteiger partial charge in [-0.3, -0.25) is 4.79 Å². The lowest BCUT2D eigenvalue weighted by atomic mass is 10.1. The van der Waals surface area contributed by atoms with Gasteiger partial charge >= 0.3 is 0 Å². The van der Waals surface area contributed by atoms with E-state index in [1.165, 1.54) is 21.1 Å². The van der Waals surface area contributed by atoms with Gasteiger partial charge in [-0.05, 0) is 65.7 Å². The third-order valence-corrected chi connectivity index (χ3v) is 8.32. The molecule has 12 heteroatoms. The molecule has 4 rings (SSSR count). The molecule has 9 nitrogen and oxygen atoms in total. The van der Waals surface area contributed by atoms with Crippen molar-refractivity contribution in [1.29, 1.82) is 0 Å². The van der Waals surface area contributed by atoms with Crippen molar-refractivity contribution < 1.29 is 17.6 Å². The highest BCUT2D eigenvalue weighted by atomic mass is 32.2. The number of aryl methyl sites for hydroxylation is 2. The molecule has 0 bridgehead atoms. The molecule has 3 aromatic rings. The number of carbonyl (C=O) groups excluding carboxylic acids is 1. The Morgan fingerprint density at radius 3 is 2.52 bits per heavy atom. The van der Waals surface area contributed by atoms with Gasteiger partial charge in [-0.25, -0.2) is 12.8 Å². The van der Waals surface area contributed by atoms with Crippen LogP contribution in [0.15, 0.2) is 52.5 Å². The van der Waals surface area contributed by atoms with Crippen molar-refractivity contribution in [2.45, 2.75) is 23.9 Å². The van der Waals surface area contributed by atoms with Crippen LogP contribution in [-0.2, 0) is 14.8 Å². The van der Waals surface area contributed by atoms with Crippen LogP contribution in [0.5, 0.6) is 0 Å². The zero-order valence-corrected chi connectivity index (χ0v) is 19.8. The number of rotatable bonds is 6. The molecule has 0 aliphatic carbocycles. The number of hydrogen-bond donors (Lipinski definition) is 0. The maximum atomic E-state index is 13.5. The summed E-state index contributed by atoms with van der Waals surface area (Å²) in [4.78, 5) is 14.6. The van der Waals surface area contributed by atoms with Gasteiger partial charge in [0.15, 0.2) is 0 Å². The molecule has 0 radical (unpaired) electrons. The van der Waals surface area contributed by atoms with Crippen LogP contribution in [0.1, 0.15) is 11.1 Å². The number of sulfonamides is 1. The van der Waals surface area contributed by atoms with Crippen molar-refractivity contribution in [1.82, 2.24) is 29.4 Å². The van der Waals surface area contributed by atoms with Crippen molar-refractivity contribution in [3.05, 3.63) is 59.4 Å². The second-order valence-electron chi connectivity index (χ2n) is 7.67. The molecule has 1 aliphatic rings. The molecule has 0 N–H and O–H groups in total. The van der Waals surface area contributed by atoms with E-state index in [1.54, 1.807) is 35.2 Å². The third-order valence-electron chi connectivity index (χ3n) is 5.53. The number of thioether (sulfide) groups is 1. The highest BCUT2D eigenvalue weighted by Crippen LogP contribution is 2.22. The Kier molecular flexibility index (Phi) is 6.77. The lowest BCUT2D eigenvalue weighted by molar-refractivity contribution is -0.129. The van der Waals surface area contributed by atoms with Crippen LogP contribution >= 0.6 is 11.8 Å². The first kappa shape index (κ1) is 23.3. The van der Waals surface area contributed by atoms with Gasteiger partial charge < -0.3 is 4.90 Å². The fourth-order valence-electron chi connectivity index (χ4n) is 3.46. The van der Waals surface area contributed by atoms with Crippen LogP contribution in [-0.4, -0.2) is 75.7 Å². The van der Waals surface area contributed by atoms with E-state index in [-0.39, 0.29) is 29.6 Å². The summed E-state index contributed by atoms with van der Waals surface area (Å²) in [7, 11) is -3.61. The first-order valence-corrected chi connectivity index (χ1v) is 12.7. The molecule has 1 amide bonds. The first-order chi connectivity index (χ1) is 15.8. The number of hydrogen-bond acceptors (Lipinski definition) is 7. The van der Waals surface area contributed by atoms with Crippen molar-refractivity contribution in [2.75, 3.05) is 31.9 Å². The Morgan fingerprint density at radius 2 is 1.82 bits per heavy atom. The predicted octanol–water partition coefficient (Wildman–Crippen LogP) is 2.04. The zero-order valence-electron chi connectivity index (χ0n) is 18.2. The Morgan fingerprint density at radius 1 is 1.06 bits per heavy atom. The van der Waals surface area contributed by atoms with Crippen LogP contribution in [0.25, 0.3) is 5.69 Å². The summed E-state index contributed by atoms with van der Waals surface area (Å²) in [6, 6.07) is 11.0. The number of tetrazole rings is 1. The lowest BCUT2D eigenvalue weighted by Gasteiger charge is -2.34. The van der Waals surface area contributed by atoms with E-state index in [1.807, 2.05) is 13.8 Å². The minimum absolute atomic E-state index is 0.0829. The average Bonchev–Trinajstić information content (AvgIpc) is 3.28. The van der Waals surface area contributed by atoms with Gasteiger partial charge in [0.2, 0.25) is 21.1 Å². The van der Waals surface area contributed by atoms with Gasteiger partial charge in [-0.15, -0.1) is 5.10 Å². The van der Waals surface area contributed by atoms with Crippen LogP contribution < -0.4 is 0 Å². The number of benzene rings is 2. The quantitative estimate of drug-likeness (QED) is 0.488. The van der Waals surface area contributed by atoms with Gasteiger partial charge in [0.25, 0.3) is 0 Å². The number of aromatic nitrogens is 4. The van der Waals surface area contributed by atoms with E-state index in [0.29, 0.717) is 23.9 Å². The van der Waals surface area contributed by atoms with E-state index in [0.717, 1.165) is 22.9 Å². The van der Waals surface area contributed by atoms with Crippen molar-refractivity contribution >= 4 is 27.7 Å². The molecule has 33 heavy (non-hydrogen) atoms. The highest BCUT2D eigenvalue weighted by molar-refractivity contribution is 7.99. The summed E-state index contributed by atoms with van der Waals surface area (Å²) >= 11 is 1.14. The Hall–Kier alpha value is -2.83. The standard InChI is InChI=1S/C21H23FN6O3S2/c1-15-6-7-19(12-16(15)2)33(30,31)27-10-8-26(9-11-27)20(29)14-32-21-23-24-25-28(21)18-5-3-4-17(22)13-18/h3-7,12-13H,8-11,14H2,1-2H3. The molecule has 0 atom stereocenters. The van der Waals surface area contributed by atoms with E-state index >= 15 is 0 Å². The number of carbonyl (C=O) groups is 1. The number of halogens is 1. The van der Waals surface area contributed by atoms with E-state index in [4.69, 9.17) is 0 Å². The monoisotopic (exact) mass is 490 g/mol. The fraction of sp³-hybridized carbons (Fsp3) is 0.333. The number of amides is 1. The molecule has 2 aromatic carbocycles. The van der Waals surface area contributed by atoms with Crippen LogP contribution in [0.3, 0.4) is 0 Å². The molecular weight excluding hydrogens is 467 g/mol. The number of piperazine rings is 1. The highest BCUT2D eigenvalue weighted by Gasteiger charge is 2.30. The summed E-state index contributed by atoms with van der Waals surface area (Å²) in [6.07, 6.45) is 0. The molecule has 0 saturated carbocycles. The maximum absolute atomic E-state index is 13.5. The van der Waals surface area contributed by atoms with E-state index < -0.39 is 15.8 Å². The molecular formula is C21H23FN6O3S2. The molecule has 1 aliphatic heterocycles. The Bertz CT molecular complexity index is 1270. The summed E-state index contributed by atoms with van der Waals surface area (Å²) in [5.41, 5.74) is 2.41. The molecule has 2 heterocycles. The molecule has 1 saturated heterocycles. The average molecular weight is 491 g/mol. The Labute approximate surface area is 195 Å². The molecule has 1 aromatic heterocycles. The summed E-state index contributed by atoms with van der Waals surface area (Å²) in [6.45, 7) is 4.88. The lowest BCUT2D eigenvalue weighted by Crippen LogP contribution is -2.51. The van der Waals surface area contributed by atoms with Crippen LogP contribution in [0, 0.1) is 19.7 Å². The minimum Gasteiger partial charge on any atom is -0.339 e. The summed E-state index contributed by atoms with van der Waals surface area (Å²) in [5, 5.41) is 11.8. The molecule has 174 valence electrons.